The van der Waals surface area contributed by atoms with Crippen LogP contribution in [0.2, 0.25) is 0 Å². The van der Waals surface area contributed by atoms with Crippen LogP contribution in [-0.4, -0.2) is 23.2 Å². The van der Waals surface area contributed by atoms with Crippen LogP contribution >= 0.6 is 0 Å². The number of nitrogens with one attached hydrogen (secondary N) is 1. The molecule has 0 aliphatic heterocycles. The average Bonchev–Trinajstić information content (AvgIpc) is 2.92. The van der Waals surface area contributed by atoms with Crippen molar-refractivity contribution in [1.82, 2.24) is 5.32 Å². The van der Waals surface area contributed by atoms with Gasteiger partial charge in [-0.3, -0.25) is 4.79 Å². The van der Waals surface area contributed by atoms with Crippen molar-refractivity contribution < 1.29 is 9.90 Å². The number of aliphatic carboxylic acids is 1. The van der Waals surface area contributed by atoms with Gasteiger partial charge in [0, 0.05) is 12.1 Å². The minimum Gasteiger partial charge on any atom is -0.481 e. The van der Waals surface area contributed by atoms with Gasteiger partial charge in [0.15, 0.2) is 0 Å². The summed E-state index contributed by atoms with van der Waals surface area (Å²) >= 11 is 0. The third-order valence-corrected chi connectivity index (χ3v) is 5.65. The lowest BCUT2D eigenvalue weighted by Gasteiger charge is -2.35. The number of rotatable bonds is 3. The van der Waals surface area contributed by atoms with Crippen LogP contribution in [0, 0.1) is 23.7 Å². The molecule has 0 radical (unpaired) electrons. The van der Waals surface area contributed by atoms with Crippen molar-refractivity contribution >= 4 is 5.97 Å². The molecular formula is C15H25NO2. The highest BCUT2D eigenvalue weighted by Gasteiger charge is 2.51. The predicted molar refractivity (Wildman–Crippen MR) is 70.3 cm³/mol. The normalized spacial score (nSPS) is 47.4. The third kappa shape index (κ3) is 2.18. The van der Waals surface area contributed by atoms with Gasteiger partial charge >= 0.3 is 5.97 Å². The maximum Gasteiger partial charge on any atom is 0.308 e. The summed E-state index contributed by atoms with van der Waals surface area (Å²) in [5.41, 5.74) is 0. The van der Waals surface area contributed by atoms with Gasteiger partial charge in [-0.15, -0.1) is 0 Å². The van der Waals surface area contributed by atoms with Crippen molar-refractivity contribution in [3.05, 3.63) is 0 Å². The van der Waals surface area contributed by atoms with Crippen molar-refractivity contribution in [3.63, 3.8) is 0 Å². The quantitative estimate of drug-likeness (QED) is 0.810. The Kier molecular flexibility index (Phi) is 3.35. The van der Waals surface area contributed by atoms with Crippen LogP contribution in [0.3, 0.4) is 0 Å². The van der Waals surface area contributed by atoms with Crippen molar-refractivity contribution in [2.24, 2.45) is 23.7 Å². The topological polar surface area (TPSA) is 49.3 Å². The maximum absolute atomic E-state index is 11.5. The van der Waals surface area contributed by atoms with Gasteiger partial charge < -0.3 is 10.4 Å². The monoisotopic (exact) mass is 251 g/mol. The number of carboxylic acids is 1. The van der Waals surface area contributed by atoms with Gasteiger partial charge in [-0.25, -0.2) is 0 Å². The Balaban J connectivity index is 1.62. The van der Waals surface area contributed by atoms with E-state index in [0.29, 0.717) is 17.9 Å². The Morgan fingerprint density at radius 3 is 2.39 bits per heavy atom. The molecule has 0 heterocycles. The Morgan fingerprint density at radius 1 is 1.06 bits per heavy atom. The molecule has 3 saturated carbocycles. The molecule has 4 unspecified atom stereocenters. The van der Waals surface area contributed by atoms with Crippen molar-refractivity contribution in [3.8, 4) is 0 Å². The van der Waals surface area contributed by atoms with Crippen molar-refractivity contribution in [1.29, 1.82) is 0 Å². The van der Waals surface area contributed by atoms with E-state index in [4.69, 9.17) is 0 Å². The number of carboxylic acid groups (broad SMARTS) is 1. The van der Waals surface area contributed by atoms with Crippen LogP contribution in [0.1, 0.15) is 51.9 Å². The number of fused-ring (bicyclic) bond motifs is 2. The van der Waals surface area contributed by atoms with E-state index in [9.17, 15) is 9.90 Å². The van der Waals surface area contributed by atoms with E-state index < -0.39 is 5.97 Å². The molecule has 4 atom stereocenters. The molecule has 3 fully saturated rings. The molecule has 0 saturated heterocycles. The molecule has 2 bridgehead atoms. The highest BCUT2D eigenvalue weighted by molar-refractivity contribution is 5.72. The van der Waals surface area contributed by atoms with Gasteiger partial charge in [0.05, 0.1) is 5.92 Å². The van der Waals surface area contributed by atoms with E-state index in [1.54, 1.807) is 0 Å². The van der Waals surface area contributed by atoms with E-state index >= 15 is 0 Å². The lowest BCUT2D eigenvalue weighted by molar-refractivity contribution is -0.144. The fourth-order valence-corrected chi connectivity index (χ4v) is 4.59. The summed E-state index contributed by atoms with van der Waals surface area (Å²) in [4.78, 5) is 11.5. The molecule has 3 rings (SSSR count). The fraction of sp³-hybridized carbons (Fsp3) is 0.933. The molecule has 0 aromatic carbocycles. The van der Waals surface area contributed by atoms with Crippen LogP contribution < -0.4 is 5.32 Å². The summed E-state index contributed by atoms with van der Waals surface area (Å²) in [5.74, 6) is 1.27. The molecule has 0 aromatic heterocycles. The van der Waals surface area contributed by atoms with Crippen LogP contribution in [0.4, 0.5) is 0 Å². The highest BCUT2D eigenvalue weighted by Crippen LogP contribution is 2.49. The first-order chi connectivity index (χ1) is 8.65. The van der Waals surface area contributed by atoms with Crippen LogP contribution in [0.25, 0.3) is 0 Å². The van der Waals surface area contributed by atoms with E-state index in [1.165, 1.54) is 32.1 Å². The fourth-order valence-electron chi connectivity index (χ4n) is 4.59. The van der Waals surface area contributed by atoms with Gasteiger partial charge in [0.1, 0.15) is 0 Å². The Bertz CT molecular complexity index is 322. The van der Waals surface area contributed by atoms with Crippen LogP contribution in [0.15, 0.2) is 0 Å². The number of carbonyl (C=O) groups is 1. The molecule has 2 N–H and O–H groups in total. The Labute approximate surface area is 109 Å². The second kappa shape index (κ2) is 4.84. The lowest BCUT2D eigenvalue weighted by atomic mass is 9.82. The van der Waals surface area contributed by atoms with Gasteiger partial charge in [-0.05, 0) is 62.7 Å². The van der Waals surface area contributed by atoms with Crippen LogP contribution in [0.5, 0.6) is 0 Å². The van der Waals surface area contributed by atoms with Gasteiger partial charge in [-0.1, -0.05) is 6.92 Å². The zero-order valence-corrected chi connectivity index (χ0v) is 11.3. The summed E-state index contributed by atoms with van der Waals surface area (Å²) in [7, 11) is 0. The summed E-state index contributed by atoms with van der Waals surface area (Å²) in [5, 5.41) is 13.2. The minimum atomic E-state index is -0.566. The average molecular weight is 251 g/mol. The molecule has 0 amide bonds. The lowest BCUT2D eigenvalue weighted by Crippen LogP contribution is -2.49. The predicted octanol–water partition coefficient (Wildman–Crippen LogP) is 2.65. The first-order valence-corrected chi connectivity index (χ1v) is 7.64. The smallest absolute Gasteiger partial charge is 0.308 e. The molecule has 3 aliphatic carbocycles. The molecule has 102 valence electrons. The molecule has 18 heavy (non-hydrogen) atoms. The van der Waals surface area contributed by atoms with Gasteiger partial charge in [-0.2, -0.15) is 0 Å². The van der Waals surface area contributed by atoms with Crippen LogP contribution in [-0.2, 0) is 4.79 Å². The van der Waals surface area contributed by atoms with E-state index in [-0.39, 0.29) is 12.0 Å². The second-order valence-corrected chi connectivity index (χ2v) is 6.85. The zero-order valence-electron chi connectivity index (χ0n) is 11.3. The van der Waals surface area contributed by atoms with E-state index in [1.807, 2.05) is 0 Å². The second-order valence-electron chi connectivity index (χ2n) is 6.85. The molecule has 3 aliphatic rings. The SMILES string of the molecule is CC1CCC(NC2C3CCC(C3)C2C(=O)O)CC1. The standard InChI is InChI=1S/C15H25NO2/c1-9-2-6-12(7-3-9)16-14-11-5-4-10(8-11)13(14)15(17)18/h9-14,16H,2-8H2,1H3,(H,17,18). The largest absolute Gasteiger partial charge is 0.481 e. The van der Waals surface area contributed by atoms with Gasteiger partial charge in [0.2, 0.25) is 0 Å². The maximum atomic E-state index is 11.5. The Morgan fingerprint density at radius 2 is 1.72 bits per heavy atom. The van der Waals surface area contributed by atoms with Crippen molar-refractivity contribution in [2.75, 3.05) is 0 Å². The van der Waals surface area contributed by atoms with E-state index in [0.717, 1.165) is 18.8 Å². The first-order valence-electron chi connectivity index (χ1n) is 7.64. The zero-order chi connectivity index (χ0) is 12.7. The summed E-state index contributed by atoms with van der Waals surface area (Å²) in [6.07, 6.45) is 8.61. The highest BCUT2D eigenvalue weighted by atomic mass is 16.4. The summed E-state index contributed by atoms with van der Waals surface area (Å²) in [6.45, 7) is 2.33. The first kappa shape index (κ1) is 12.5. The minimum absolute atomic E-state index is 0.108. The summed E-state index contributed by atoms with van der Waals surface area (Å²) in [6, 6.07) is 0.840. The Hall–Kier alpha value is -0.570. The number of hydrogen-bond donors (Lipinski definition) is 2. The van der Waals surface area contributed by atoms with Crippen molar-refractivity contribution in [2.45, 2.75) is 64.0 Å². The summed E-state index contributed by atoms with van der Waals surface area (Å²) < 4.78 is 0. The number of hydrogen-bond acceptors (Lipinski definition) is 2. The van der Waals surface area contributed by atoms with Gasteiger partial charge in [0.25, 0.3) is 0 Å². The molecular weight excluding hydrogens is 226 g/mol. The third-order valence-electron chi connectivity index (χ3n) is 5.65. The molecule has 3 nitrogen and oxygen atoms in total. The molecule has 0 aromatic rings. The molecule has 3 heteroatoms. The molecule has 0 spiro atoms. The van der Waals surface area contributed by atoms with E-state index in [2.05, 4.69) is 12.2 Å².